The van der Waals surface area contributed by atoms with Crippen molar-refractivity contribution in [2.75, 3.05) is 0 Å². The van der Waals surface area contributed by atoms with Crippen molar-refractivity contribution in [3.63, 3.8) is 0 Å². The zero-order valence-electron chi connectivity index (χ0n) is 23.5. The van der Waals surface area contributed by atoms with E-state index in [9.17, 15) is 0 Å². The second-order valence-electron chi connectivity index (χ2n) is 9.09. The van der Waals surface area contributed by atoms with Crippen molar-refractivity contribution in [1.82, 2.24) is 24.1 Å². The van der Waals surface area contributed by atoms with Crippen LogP contribution in [-0.4, -0.2) is 24.1 Å². The molecule has 0 N–H and O–H groups in total. The maximum atomic E-state index is 6.69. The van der Waals surface area contributed by atoms with Crippen molar-refractivity contribution in [1.29, 1.82) is 0 Å². The summed E-state index contributed by atoms with van der Waals surface area (Å²) in [6.45, 7) is 4.19. The molecule has 3 aromatic heterocycles. The van der Waals surface area contributed by atoms with E-state index in [0.29, 0.717) is 0 Å². The predicted molar refractivity (Wildman–Crippen MR) is 160 cm³/mol. The summed E-state index contributed by atoms with van der Waals surface area (Å²) in [4.78, 5) is 13.1. The number of benzene rings is 3. The minimum absolute atomic E-state index is 0. The summed E-state index contributed by atoms with van der Waals surface area (Å²) >= 11 is 0. The molecule has 0 saturated heterocycles. The number of rotatable bonds is 3. The van der Waals surface area contributed by atoms with Gasteiger partial charge >= 0.3 is 20.1 Å². The first kappa shape index (κ1) is 31.0. The maximum absolute atomic E-state index is 6.69. The van der Waals surface area contributed by atoms with Gasteiger partial charge in [-0.05, 0) is 11.8 Å². The molecule has 0 spiro atoms. The molecule has 0 fully saturated rings. The van der Waals surface area contributed by atoms with Gasteiger partial charge in [-0.25, -0.2) is 0 Å². The summed E-state index contributed by atoms with van der Waals surface area (Å²) in [5, 5.41) is 0. The molecule has 0 atom stereocenters. The smallest absolute Gasteiger partial charge is 0.366 e. The van der Waals surface area contributed by atoms with Crippen LogP contribution in [0.3, 0.4) is 0 Å². The molecule has 6 rings (SSSR count). The Morgan fingerprint density at radius 3 is 1.73 bits per heavy atom. The fraction of sp³-hybridized carbons (Fsp3) is 0.114. The molecule has 3 heterocycles. The first-order valence-electron chi connectivity index (χ1n) is 12.8. The molecule has 0 unspecified atom stereocenters. The number of pyridine rings is 1. The van der Waals surface area contributed by atoms with E-state index in [-0.39, 0.29) is 20.1 Å². The normalized spacial score (nSPS) is 9.73. The van der Waals surface area contributed by atoms with E-state index in [4.69, 9.17) is 6.42 Å². The minimum Gasteiger partial charge on any atom is -0.366 e. The van der Waals surface area contributed by atoms with Gasteiger partial charge in [-0.15, -0.1) is 76.9 Å². The van der Waals surface area contributed by atoms with Gasteiger partial charge in [0.05, 0.1) is 11.6 Å². The second-order valence-corrected chi connectivity index (χ2v) is 9.09. The summed E-state index contributed by atoms with van der Waals surface area (Å²) in [5.41, 5.74) is 7.25. The summed E-state index contributed by atoms with van der Waals surface area (Å²) in [5.74, 6) is 4.13. The van der Waals surface area contributed by atoms with Gasteiger partial charge in [-0.3, -0.25) is 15.9 Å². The molecule has 0 amide bonds. The average molecular weight is 713 g/mol. The molecule has 0 radical (unpaired) electrons. The molecule has 0 aliphatic rings. The van der Waals surface area contributed by atoms with E-state index in [1.807, 2.05) is 121 Å². The van der Waals surface area contributed by atoms with Crippen LogP contribution >= 0.6 is 0 Å². The van der Waals surface area contributed by atoms with Crippen LogP contribution < -0.4 is 0 Å². The third kappa shape index (κ3) is 8.22. The standard InChI is InChI=1S/C16H17N4.C11H8N.C8H5.Ir/c1-11-9-12(2)14(16-18-6-8-20(16)4)10-13(11)15-17-5-7-19(15)3;1-2-6-10(7-3-1)11-8-4-5-9-12-11;1-2-8-6-4-3-5-7-8;/h5-9H,1-4H3;1-6,8-9H;3-7H;/q3*-1;+3. The molecule has 0 aliphatic heterocycles. The van der Waals surface area contributed by atoms with Gasteiger partial charge in [-0.2, -0.15) is 0 Å². The predicted octanol–water partition coefficient (Wildman–Crippen LogP) is 7.08. The molecule has 0 saturated carbocycles. The SMILES string of the molecule is Cc1cc(C)c(-c2nccn2C)[c-]c1-c1nccn1C.[C-]#Cc1ccccc1.[Ir+3].[c-]1ccccc1-c1ccccn1. The van der Waals surface area contributed by atoms with E-state index in [2.05, 4.69) is 52.9 Å². The number of aromatic nitrogens is 5. The van der Waals surface area contributed by atoms with Gasteiger partial charge in [0.1, 0.15) is 0 Å². The molecule has 204 valence electrons. The Labute approximate surface area is 256 Å². The van der Waals surface area contributed by atoms with E-state index < -0.39 is 0 Å². The van der Waals surface area contributed by atoms with Crippen LogP contribution in [0, 0.1) is 38.3 Å². The van der Waals surface area contributed by atoms with Gasteiger partial charge < -0.3 is 20.5 Å². The molecule has 5 nitrogen and oxygen atoms in total. The van der Waals surface area contributed by atoms with Crippen LogP contribution in [0.4, 0.5) is 0 Å². The van der Waals surface area contributed by atoms with Gasteiger partial charge in [0.25, 0.3) is 0 Å². The van der Waals surface area contributed by atoms with Crippen molar-refractivity contribution >= 4 is 0 Å². The topological polar surface area (TPSA) is 48.5 Å². The molecule has 0 aliphatic carbocycles. The van der Waals surface area contributed by atoms with E-state index in [1.165, 1.54) is 11.1 Å². The number of nitrogens with zero attached hydrogens (tertiary/aromatic N) is 5. The monoisotopic (exact) mass is 713 g/mol. The van der Waals surface area contributed by atoms with Crippen LogP contribution in [0.25, 0.3) is 34.0 Å². The van der Waals surface area contributed by atoms with Gasteiger partial charge in [0.15, 0.2) is 0 Å². The van der Waals surface area contributed by atoms with Crippen molar-refractivity contribution in [3.8, 4) is 40.0 Å². The van der Waals surface area contributed by atoms with Crippen molar-refractivity contribution in [2.24, 2.45) is 14.1 Å². The summed E-state index contributed by atoms with van der Waals surface area (Å²) in [6, 6.07) is 31.9. The third-order valence-electron chi connectivity index (χ3n) is 6.13. The van der Waals surface area contributed by atoms with Crippen molar-refractivity contribution < 1.29 is 20.1 Å². The first-order valence-corrected chi connectivity index (χ1v) is 12.8. The summed E-state index contributed by atoms with van der Waals surface area (Å²) in [7, 11) is 3.99. The zero-order valence-corrected chi connectivity index (χ0v) is 25.9. The Morgan fingerprint density at radius 2 is 1.29 bits per heavy atom. The average Bonchev–Trinajstić information content (AvgIpc) is 3.63. The number of imidazole rings is 2. The summed E-state index contributed by atoms with van der Waals surface area (Å²) < 4.78 is 4.02. The van der Waals surface area contributed by atoms with Crippen LogP contribution in [0.2, 0.25) is 0 Å². The molecule has 3 aromatic carbocycles. The number of hydrogen-bond donors (Lipinski definition) is 0. The van der Waals surface area contributed by atoms with Crippen LogP contribution in [0.15, 0.2) is 110 Å². The fourth-order valence-electron chi connectivity index (χ4n) is 4.07. The molecule has 6 heteroatoms. The summed E-state index contributed by atoms with van der Waals surface area (Å²) in [6.07, 6.45) is 16.0. The van der Waals surface area contributed by atoms with Gasteiger partial charge in [-0.1, -0.05) is 55.3 Å². The Morgan fingerprint density at radius 1 is 0.707 bits per heavy atom. The first-order chi connectivity index (χ1) is 19.5. The van der Waals surface area contributed by atoms with E-state index in [1.54, 1.807) is 6.20 Å². The van der Waals surface area contributed by atoms with Crippen LogP contribution in [0.1, 0.15) is 16.7 Å². The Balaban J connectivity index is 0.000000187. The zero-order chi connectivity index (χ0) is 28.3. The van der Waals surface area contributed by atoms with E-state index in [0.717, 1.165) is 39.6 Å². The number of aryl methyl sites for hydroxylation is 4. The second kappa shape index (κ2) is 15.3. The third-order valence-corrected chi connectivity index (χ3v) is 6.13. The van der Waals surface area contributed by atoms with E-state index >= 15 is 0 Å². The molecular formula is C35H30IrN5. The van der Waals surface area contributed by atoms with Crippen LogP contribution in [-0.2, 0) is 34.2 Å². The van der Waals surface area contributed by atoms with Gasteiger partial charge in [0, 0.05) is 45.1 Å². The van der Waals surface area contributed by atoms with Gasteiger partial charge in [0.2, 0.25) is 0 Å². The molecular weight excluding hydrogens is 683 g/mol. The maximum Gasteiger partial charge on any atom is 3.00 e. The number of hydrogen-bond acceptors (Lipinski definition) is 3. The molecule has 0 bridgehead atoms. The fourth-order valence-corrected chi connectivity index (χ4v) is 4.07. The Bertz CT molecular complexity index is 1580. The van der Waals surface area contributed by atoms with Crippen molar-refractivity contribution in [2.45, 2.75) is 13.8 Å². The van der Waals surface area contributed by atoms with Crippen molar-refractivity contribution in [3.05, 3.63) is 145 Å². The minimum atomic E-state index is 0. The Hall–Kier alpha value is -4.56. The molecule has 41 heavy (non-hydrogen) atoms. The largest absolute Gasteiger partial charge is 3.00 e. The Kier molecular flexibility index (Phi) is 11.5. The quantitative estimate of drug-likeness (QED) is 0.146. The van der Waals surface area contributed by atoms with Crippen LogP contribution in [0.5, 0.6) is 0 Å². The molecule has 6 aromatic rings.